The normalized spacial score (nSPS) is 18.4. The molecule has 1 aliphatic rings. The topological polar surface area (TPSA) is 83.3 Å². The number of β-amino-alcohol motifs (C(OH)–C–C–N with tert-alkyl or cyclic N) is 1. The number of nitrogens with zero attached hydrogens (tertiary/aromatic N) is 4. The number of anilines is 1. The Bertz CT molecular complexity index is 1200. The molecule has 2 amide bonds. The lowest BCUT2D eigenvalue weighted by atomic mass is 10.1. The summed E-state index contributed by atoms with van der Waals surface area (Å²) in [6.45, 7) is 2.18. The third-order valence-electron chi connectivity index (χ3n) is 5.58. The molecule has 2 N–H and O–H groups in total. The number of benzene rings is 2. The molecule has 0 spiro atoms. The van der Waals surface area contributed by atoms with Crippen LogP contribution in [0.5, 0.6) is 0 Å². The average Bonchev–Trinajstić information content (AvgIpc) is 3.32. The molecule has 1 aromatic heterocycles. The van der Waals surface area contributed by atoms with E-state index in [0.717, 1.165) is 17.7 Å². The summed E-state index contributed by atoms with van der Waals surface area (Å²) in [6.07, 6.45) is -5.28. The van der Waals surface area contributed by atoms with Gasteiger partial charge in [0.2, 0.25) is 0 Å². The fourth-order valence-electron chi connectivity index (χ4n) is 3.91. The third kappa shape index (κ3) is 5.13. The van der Waals surface area contributed by atoms with E-state index in [1.54, 1.807) is 19.1 Å². The Hall–Kier alpha value is -2.82. The number of aromatic nitrogens is 3. The Labute approximate surface area is 203 Å². The number of aliphatic hydroxyl groups is 1. The second-order valence-corrected chi connectivity index (χ2v) is 8.84. The summed E-state index contributed by atoms with van der Waals surface area (Å²) in [7, 11) is 0. The van der Waals surface area contributed by atoms with Gasteiger partial charge in [-0.3, -0.25) is 0 Å². The maximum atomic E-state index is 13.2. The second-order valence-electron chi connectivity index (χ2n) is 8.00. The lowest BCUT2D eigenvalue weighted by Gasteiger charge is -2.25. The van der Waals surface area contributed by atoms with Gasteiger partial charge in [-0.1, -0.05) is 35.3 Å². The van der Waals surface area contributed by atoms with E-state index in [-0.39, 0.29) is 18.7 Å². The summed E-state index contributed by atoms with van der Waals surface area (Å²) in [5.74, 6) is 1.07. The van der Waals surface area contributed by atoms with E-state index in [4.69, 9.17) is 23.2 Å². The fraction of sp³-hybridized carbons (Fsp3) is 0.318. The highest BCUT2D eigenvalue weighted by molar-refractivity contribution is 6.31. The van der Waals surface area contributed by atoms with Gasteiger partial charge in [-0.15, -0.1) is 10.2 Å². The minimum atomic E-state index is -4.67. The molecular formula is C22H20Cl2F3N5O2. The van der Waals surface area contributed by atoms with Crippen molar-refractivity contribution in [3.8, 4) is 0 Å². The number of alkyl halides is 3. The molecule has 1 saturated heterocycles. The molecule has 0 unspecified atom stereocenters. The first-order chi connectivity index (χ1) is 16.0. The van der Waals surface area contributed by atoms with Crippen molar-refractivity contribution in [1.82, 2.24) is 19.7 Å². The van der Waals surface area contributed by atoms with E-state index in [0.29, 0.717) is 23.2 Å². The summed E-state index contributed by atoms with van der Waals surface area (Å²) in [5.41, 5.74) is -0.187. The Morgan fingerprint density at radius 2 is 1.88 bits per heavy atom. The molecule has 12 heteroatoms. The van der Waals surface area contributed by atoms with Crippen LogP contribution in [0.1, 0.15) is 35.2 Å². The van der Waals surface area contributed by atoms with E-state index in [1.807, 2.05) is 16.7 Å². The summed E-state index contributed by atoms with van der Waals surface area (Å²) in [5, 5.41) is 21.3. The molecule has 2 atom stereocenters. The summed E-state index contributed by atoms with van der Waals surface area (Å²) >= 11 is 11.6. The van der Waals surface area contributed by atoms with Crippen LogP contribution in [0, 0.1) is 6.92 Å². The van der Waals surface area contributed by atoms with Crippen molar-refractivity contribution in [3.05, 3.63) is 75.3 Å². The molecule has 0 bridgehead atoms. The highest BCUT2D eigenvalue weighted by atomic mass is 35.5. The molecular weight excluding hydrogens is 494 g/mol. The minimum absolute atomic E-state index is 0.0108. The lowest BCUT2D eigenvalue weighted by Crippen LogP contribution is -2.36. The predicted molar refractivity (Wildman–Crippen MR) is 121 cm³/mol. The zero-order valence-electron chi connectivity index (χ0n) is 17.9. The van der Waals surface area contributed by atoms with E-state index < -0.39 is 34.9 Å². The number of aryl methyl sites for hydroxylation is 1. The van der Waals surface area contributed by atoms with Gasteiger partial charge >= 0.3 is 12.2 Å². The molecule has 0 aliphatic carbocycles. The number of nitrogens with one attached hydrogen (secondary N) is 1. The van der Waals surface area contributed by atoms with Crippen LogP contribution in [0.25, 0.3) is 0 Å². The molecule has 0 saturated carbocycles. The smallest absolute Gasteiger partial charge is 0.391 e. The van der Waals surface area contributed by atoms with E-state index >= 15 is 0 Å². The van der Waals surface area contributed by atoms with Crippen molar-refractivity contribution in [2.75, 3.05) is 11.9 Å². The standard InChI is InChI=1S/C22H20Cl2F3N5O2/c1-12-29-30-20(31(12)10-13-2-4-14(23)5-3-13)19-9-16(33)11-32(19)21(34)28-15-6-7-18(24)17(8-15)22(25,26)27/h2-8,16,19,33H,9-11H2,1H3,(H,28,34)/t16-,19-/m1/s1. The molecule has 7 nitrogen and oxygen atoms in total. The second kappa shape index (κ2) is 9.44. The number of carbonyl (C=O) groups excluding carboxylic acids is 1. The predicted octanol–water partition coefficient (Wildman–Crippen LogP) is 5.30. The molecule has 1 aliphatic heterocycles. The molecule has 3 aromatic rings. The quantitative estimate of drug-likeness (QED) is 0.495. The number of amides is 2. The number of likely N-dealkylation sites (tertiary alicyclic amines) is 1. The van der Waals surface area contributed by atoms with Gasteiger partial charge in [0, 0.05) is 23.7 Å². The van der Waals surface area contributed by atoms with Gasteiger partial charge in [-0.25, -0.2) is 4.79 Å². The average molecular weight is 514 g/mol. The first kappa shape index (κ1) is 24.3. The van der Waals surface area contributed by atoms with Gasteiger partial charge in [0.15, 0.2) is 5.82 Å². The number of hydrogen-bond donors (Lipinski definition) is 2. The van der Waals surface area contributed by atoms with Crippen molar-refractivity contribution in [3.63, 3.8) is 0 Å². The van der Waals surface area contributed by atoms with Gasteiger partial charge in [0.25, 0.3) is 0 Å². The Balaban J connectivity index is 1.58. The molecule has 2 heterocycles. The fourth-order valence-corrected chi connectivity index (χ4v) is 4.26. The Morgan fingerprint density at radius 1 is 1.18 bits per heavy atom. The Kier molecular flexibility index (Phi) is 6.75. The van der Waals surface area contributed by atoms with Crippen LogP contribution in [0.3, 0.4) is 0 Å². The monoisotopic (exact) mass is 513 g/mol. The lowest BCUT2D eigenvalue weighted by molar-refractivity contribution is -0.137. The zero-order valence-corrected chi connectivity index (χ0v) is 19.4. The highest BCUT2D eigenvalue weighted by Crippen LogP contribution is 2.37. The van der Waals surface area contributed by atoms with Crippen LogP contribution >= 0.6 is 23.2 Å². The van der Waals surface area contributed by atoms with Crippen molar-refractivity contribution >= 4 is 34.9 Å². The van der Waals surface area contributed by atoms with Crippen LogP contribution < -0.4 is 5.32 Å². The van der Waals surface area contributed by atoms with Gasteiger partial charge in [-0.2, -0.15) is 13.2 Å². The number of carbonyl (C=O) groups is 1. The molecule has 1 fully saturated rings. The van der Waals surface area contributed by atoms with Gasteiger partial charge < -0.3 is 19.9 Å². The van der Waals surface area contributed by atoms with E-state index in [2.05, 4.69) is 15.5 Å². The van der Waals surface area contributed by atoms with Crippen molar-refractivity contribution in [2.45, 2.75) is 38.2 Å². The molecule has 34 heavy (non-hydrogen) atoms. The SMILES string of the molecule is Cc1nnc([C@H]2C[C@@H](O)CN2C(=O)Nc2ccc(Cl)c(C(F)(F)F)c2)n1Cc1ccc(Cl)cc1. The van der Waals surface area contributed by atoms with Gasteiger partial charge in [0.05, 0.1) is 29.3 Å². The largest absolute Gasteiger partial charge is 0.417 e. The number of halogens is 5. The Morgan fingerprint density at radius 3 is 2.56 bits per heavy atom. The maximum Gasteiger partial charge on any atom is 0.417 e. The summed E-state index contributed by atoms with van der Waals surface area (Å²) < 4.78 is 41.4. The third-order valence-corrected chi connectivity index (χ3v) is 6.16. The van der Waals surface area contributed by atoms with E-state index in [9.17, 15) is 23.1 Å². The first-order valence-corrected chi connectivity index (χ1v) is 11.0. The molecule has 4 rings (SSSR count). The number of rotatable bonds is 4. The maximum absolute atomic E-state index is 13.2. The zero-order chi connectivity index (χ0) is 24.6. The van der Waals surface area contributed by atoms with Crippen LogP contribution in [0.2, 0.25) is 10.0 Å². The van der Waals surface area contributed by atoms with Crippen LogP contribution in [0.4, 0.5) is 23.7 Å². The van der Waals surface area contributed by atoms with E-state index in [1.165, 1.54) is 11.0 Å². The summed E-state index contributed by atoms with van der Waals surface area (Å²) in [4.78, 5) is 14.4. The minimum Gasteiger partial charge on any atom is -0.391 e. The molecule has 2 aromatic carbocycles. The summed E-state index contributed by atoms with van der Waals surface area (Å²) in [6, 6.07) is 9.07. The van der Waals surface area contributed by atoms with Crippen LogP contribution in [0.15, 0.2) is 42.5 Å². The molecule has 180 valence electrons. The van der Waals surface area contributed by atoms with Crippen molar-refractivity contribution in [1.29, 1.82) is 0 Å². The number of hydrogen-bond acceptors (Lipinski definition) is 4. The number of urea groups is 1. The van der Waals surface area contributed by atoms with Gasteiger partial charge in [-0.05, 0) is 42.8 Å². The van der Waals surface area contributed by atoms with Gasteiger partial charge in [0.1, 0.15) is 5.82 Å². The van der Waals surface area contributed by atoms with Crippen LogP contribution in [-0.4, -0.2) is 43.5 Å². The van der Waals surface area contributed by atoms with Crippen molar-refractivity contribution < 1.29 is 23.1 Å². The van der Waals surface area contributed by atoms with Crippen LogP contribution in [-0.2, 0) is 12.7 Å². The first-order valence-electron chi connectivity index (χ1n) is 10.3. The molecule has 0 radical (unpaired) electrons. The van der Waals surface area contributed by atoms with Crippen molar-refractivity contribution in [2.24, 2.45) is 0 Å². The number of aliphatic hydroxyl groups excluding tert-OH is 1. The highest BCUT2D eigenvalue weighted by Gasteiger charge is 2.39.